The number of carbonyl (C=O) groups excluding carboxylic acids is 1. The quantitative estimate of drug-likeness (QED) is 0.142. The smallest absolute Gasteiger partial charge is 0.338 e. The predicted molar refractivity (Wildman–Crippen MR) is 184 cm³/mol. The number of benzene rings is 3. The zero-order chi connectivity index (χ0) is 33.0. The number of nitrogens with zero attached hydrogens (tertiary/aromatic N) is 5. The van der Waals surface area contributed by atoms with E-state index in [0.717, 1.165) is 90.9 Å². The topological polar surface area (TPSA) is 102 Å². The minimum atomic E-state index is -0.298. The van der Waals surface area contributed by atoms with Gasteiger partial charge >= 0.3 is 5.97 Å². The van der Waals surface area contributed by atoms with Gasteiger partial charge in [-0.2, -0.15) is 5.26 Å². The van der Waals surface area contributed by atoms with Crippen molar-refractivity contribution >= 4 is 27.8 Å². The second-order valence-electron chi connectivity index (χ2n) is 13.3. The van der Waals surface area contributed by atoms with Crippen molar-refractivity contribution in [3.63, 3.8) is 0 Å². The molecule has 4 heterocycles. The van der Waals surface area contributed by atoms with Gasteiger partial charge in [0.15, 0.2) is 0 Å². The van der Waals surface area contributed by atoms with Gasteiger partial charge in [0.2, 0.25) is 5.88 Å². The summed E-state index contributed by atoms with van der Waals surface area (Å²) >= 11 is 0. The van der Waals surface area contributed by atoms with Gasteiger partial charge < -0.3 is 18.8 Å². The zero-order valence-electron chi connectivity index (χ0n) is 27.6. The van der Waals surface area contributed by atoms with Crippen LogP contribution in [0.2, 0.25) is 0 Å². The molecule has 2 aliphatic heterocycles. The Morgan fingerprint density at radius 3 is 2.56 bits per heavy atom. The van der Waals surface area contributed by atoms with Gasteiger partial charge in [-0.25, -0.2) is 14.8 Å². The maximum Gasteiger partial charge on any atom is 0.338 e. The molecule has 2 aromatic heterocycles. The number of aromatic nitrogens is 3. The van der Waals surface area contributed by atoms with E-state index in [0.29, 0.717) is 36.1 Å². The van der Waals surface area contributed by atoms with Crippen LogP contribution in [0, 0.1) is 17.2 Å². The summed E-state index contributed by atoms with van der Waals surface area (Å²) in [5, 5.41) is 11.5. The number of piperidine rings is 1. The molecule has 0 saturated carbocycles. The van der Waals surface area contributed by atoms with Crippen molar-refractivity contribution < 1.29 is 19.0 Å². The highest BCUT2D eigenvalue weighted by Crippen LogP contribution is 2.30. The molecule has 3 aromatic carbocycles. The molecule has 0 unspecified atom stereocenters. The standard InChI is InChI=1S/C39H41N5O4/c1-26(2)24-48-39(45)28-12-13-35-36(20-28)44(22-31-16-19-46-31)37(41-35)23-43-17-14-27(15-18-43)34-8-5-9-38(42-34)47-25-30-11-10-29(21-40)32-6-3-4-7-33(30)32/h3-13,20,26-27,31H,14-19,22-25H2,1-2H3/t31-/m0/s1. The lowest BCUT2D eigenvalue weighted by Crippen LogP contribution is -2.35. The van der Waals surface area contributed by atoms with Gasteiger partial charge in [0, 0.05) is 24.3 Å². The Kier molecular flexibility index (Phi) is 9.37. The molecule has 2 fully saturated rings. The Bertz CT molecular complexity index is 1970. The lowest BCUT2D eigenvalue weighted by atomic mass is 9.93. The van der Waals surface area contributed by atoms with Crippen LogP contribution in [0.1, 0.15) is 72.0 Å². The molecule has 246 valence electrons. The number of fused-ring (bicyclic) bond motifs is 2. The van der Waals surface area contributed by atoms with Crippen molar-refractivity contribution in [3.05, 3.63) is 101 Å². The zero-order valence-corrected chi connectivity index (χ0v) is 27.6. The van der Waals surface area contributed by atoms with E-state index in [9.17, 15) is 10.1 Å². The summed E-state index contributed by atoms with van der Waals surface area (Å²) in [7, 11) is 0. The van der Waals surface area contributed by atoms with E-state index in [1.807, 2.05) is 80.6 Å². The predicted octanol–water partition coefficient (Wildman–Crippen LogP) is 7.02. The molecule has 0 N–H and O–H groups in total. The molecule has 7 rings (SSSR count). The van der Waals surface area contributed by atoms with Crippen molar-refractivity contribution in [1.82, 2.24) is 19.4 Å². The first kappa shape index (κ1) is 31.8. The van der Waals surface area contributed by atoms with Crippen LogP contribution >= 0.6 is 0 Å². The van der Waals surface area contributed by atoms with Crippen LogP contribution < -0.4 is 4.74 Å². The largest absolute Gasteiger partial charge is 0.473 e. The summed E-state index contributed by atoms with van der Waals surface area (Å²) in [5.74, 6) is 1.94. The van der Waals surface area contributed by atoms with Gasteiger partial charge in [0.25, 0.3) is 0 Å². The number of rotatable bonds is 11. The lowest BCUT2D eigenvalue weighted by Gasteiger charge is -2.32. The fraction of sp³-hybridized carbons (Fsp3) is 0.385. The van der Waals surface area contributed by atoms with Crippen LogP contribution in [0.3, 0.4) is 0 Å². The van der Waals surface area contributed by atoms with Gasteiger partial charge in [0.1, 0.15) is 12.4 Å². The fourth-order valence-corrected chi connectivity index (χ4v) is 6.64. The van der Waals surface area contributed by atoms with Crippen molar-refractivity contribution in [3.8, 4) is 11.9 Å². The van der Waals surface area contributed by atoms with E-state index in [4.69, 9.17) is 24.2 Å². The van der Waals surface area contributed by atoms with E-state index in [1.54, 1.807) is 0 Å². The molecule has 2 aliphatic rings. The number of pyridine rings is 1. The van der Waals surface area contributed by atoms with Gasteiger partial charge in [-0.3, -0.25) is 4.90 Å². The molecule has 9 nitrogen and oxygen atoms in total. The number of hydrogen-bond donors (Lipinski definition) is 0. The van der Waals surface area contributed by atoms with E-state index >= 15 is 0 Å². The lowest BCUT2D eigenvalue weighted by molar-refractivity contribution is -0.0592. The maximum atomic E-state index is 12.7. The SMILES string of the molecule is CC(C)COC(=O)c1ccc2nc(CN3CCC(c4cccc(OCc5ccc(C#N)c6ccccc56)n4)CC3)n(C[C@@H]3CCO3)c2c1. The molecule has 1 atom stereocenters. The van der Waals surface area contributed by atoms with Gasteiger partial charge in [-0.15, -0.1) is 0 Å². The van der Waals surface area contributed by atoms with Crippen molar-refractivity contribution in [2.45, 2.75) is 64.8 Å². The molecule has 0 radical (unpaired) electrons. The molecule has 5 aromatic rings. The maximum absolute atomic E-state index is 12.7. The fourth-order valence-electron chi connectivity index (χ4n) is 6.64. The van der Waals surface area contributed by atoms with Gasteiger partial charge in [-0.05, 0) is 84.9 Å². The Hall–Kier alpha value is -4.78. The van der Waals surface area contributed by atoms with Crippen LogP contribution in [-0.2, 0) is 29.2 Å². The summed E-state index contributed by atoms with van der Waals surface area (Å²) in [5.41, 5.74) is 5.14. The number of ether oxygens (including phenoxy) is 3. The van der Waals surface area contributed by atoms with Crippen LogP contribution in [-0.4, -0.2) is 57.8 Å². The normalized spacial score (nSPS) is 17.0. The molecule has 0 spiro atoms. The first-order valence-electron chi connectivity index (χ1n) is 17.0. The van der Waals surface area contributed by atoms with E-state index < -0.39 is 0 Å². The first-order valence-corrected chi connectivity index (χ1v) is 17.0. The Balaban J connectivity index is 1.01. The Morgan fingerprint density at radius 1 is 1.00 bits per heavy atom. The minimum Gasteiger partial charge on any atom is -0.473 e. The van der Waals surface area contributed by atoms with E-state index in [-0.39, 0.29) is 18.0 Å². The van der Waals surface area contributed by atoms with Gasteiger partial charge in [-0.1, -0.05) is 50.2 Å². The number of nitriles is 1. The molecule has 0 amide bonds. The summed E-state index contributed by atoms with van der Waals surface area (Å²) in [6.07, 6.45) is 3.18. The second-order valence-corrected chi connectivity index (χ2v) is 13.3. The summed E-state index contributed by atoms with van der Waals surface area (Å²) in [6.45, 7) is 8.96. The Morgan fingerprint density at radius 2 is 1.81 bits per heavy atom. The van der Waals surface area contributed by atoms with Crippen molar-refractivity contribution in [2.24, 2.45) is 5.92 Å². The molecule has 9 heteroatoms. The van der Waals surface area contributed by atoms with E-state index in [1.165, 1.54) is 0 Å². The third kappa shape index (κ3) is 6.91. The summed E-state index contributed by atoms with van der Waals surface area (Å²) in [4.78, 5) is 25.1. The average Bonchev–Trinajstić information content (AvgIpc) is 3.43. The summed E-state index contributed by atoms with van der Waals surface area (Å²) < 4.78 is 19.7. The van der Waals surface area contributed by atoms with Crippen LogP contribution in [0.15, 0.2) is 72.8 Å². The van der Waals surface area contributed by atoms with Crippen molar-refractivity contribution in [1.29, 1.82) is 5.26 Å². The third-order valence-electron chi connectivity index (χ3n) is 9.42. The number of imidazole rings is 1. The number of carbonyl (C=O) groups is 1. The highest BCUT2D eigenvalue weighted by atomic mass is 16.5. The summed E-state index contributed by atoms with van der Waals surface area (Å²) in [6, 6.07) is 25.8. The molecule has 48 heavy (non-hydrogen) atoms. The van der Waals surface area contributed by atoms with Crippen molar-refractivity contribution in [2.75, 3.05) is 26.3 Å². The third-order valence-corrected chi connectivity index (χ3v) is 9.42. The monoisotopic (exact) mass is 643 g/mol. The number of esters is 1. The van der Waals surface area contributed by atoms with Crippen LogP contribution in [0.4, 0.5) is 0 Å². The first-order chi connectivity index (χ1) is 23.4. The molecule has 0 bridgehead atoms. The van der Waals surface area contributed by atoms with E-state index in [2.05, 4.69) is 21.6 Å². The average molecular weight is 644 g/mol. The Labute approximate surface area is 281 Å². The van der Waals surface area contributed by atoms with Gasteiger partial charge in [0.05, 0.1) is 54.0 Å². The molecular weight excluding hydrogens is 602 g/mol. The highest BCUT2D eigenvalue weighted by Gasteiger charge is 2.26. The van der Waals surface area contributed by atoms with Crippen LogP contribution in [0.25, 0.3) is 21.8 Å². The van der Waals surface area contributed by atoms with Crippen LogP contribution in [0.5, 0.6) is 5.88 Å². The second kappa shape index (κ2) is 14.1. The minimum absolute atomic E-state index is 0.166. The molecular formula is C39H41N5O4. The highest BCUT2D eigenvalue weighted by molar-refractivity contribution is 5.94. The molecule has 2 saturated heterocycles. The number of hydrogen-bond acceptors (Lipinski definition) is 8. The number of likely N-dealkylation sites (tertiary alicyclic amines) is 1. The molecule has 0 aliphatic carbocycles.